The van der Waals surface area contributed by atoms with E-state index in [0.29, 0.717) is 0 Å². The van der Waals surface area contributed by atoms with Crippen LogP contribution in [-0.4, -0.2) is 68.7 Å². The van der Waals surface area contributed by atoms with Crippen LogP contribution in [0.5, 0.6) is 0 Å². The van der Waals surface area contributed by atoms with Crippen molar-refractivity contribution in [1.29, 1.82) is 0 Å². The number of hydrogen-bond acceptors (Lipinski definition) is 9. The first-order valence-corrected chi connectivity index (χ1v) is 13.2. The molecule has 2 aromatic rings. The zero-order valence-corrected chi connectivity index (χ0v) is 20.4. The highest BCUT2D eigenvalue weighted by Crippen LogP contribution is 2.45. The molecular formula is C21H32N5O7P. The predicted octanol–water partition coefficient (Wildman–Crippen LogP) is 1.80. The first-order valence-electron chi connectivity index (χ1n) is 11.2. The molecule has 3 rings (SSSR count). The molecule has 2 aromatic heterocycles. The summed E-state index contributed by atoms with van der Waals surface area (Å²) < 4.78 is 37.4. The Balaban J connectivity index is 1.97. The van der Waals surface area contributed by atoms with Gasteiger partial charge in [0.15, 0.2) is 17.4 Å². The number of nitrogens with zero attached hydrogens (tertiary/aromatic N) is 3. The molecule has 5 atom stereocenters. The van der Waals surface area contributed by atoms with Crippen molar-refractivity contribution in [1.82, 2.24) is 19.5 Å². The molecule has 0 aromatic carbocycles. The molecule has 4 N–H and O–H groups in total. The van der Waals surface area contributed by atoms with Crippen LogP contribution in [0, 0.1) is 12.3 Å². The number of nitrogens with two attached hydrogens (primary N) is 1. The number of hydrogen-bond donors (Lipinski definition) is 3. The molecule has 0 aliphatic carbocycles. The van der Waals surface area contributed by atoms with Crippen molar-refractivity contribution in [3.63, 3.8) is 0 Å². The van der Waals surface area contributed by atoms with E-state index in [1.54, 1.807) is 0 Å². The van der Waals surface area contributed by atoms with Crippen LogP contribution in [0.4, 0.5) is 5.95 Å². The van der Waals surface area contributed by atoms with Gasteiger partial charge in [-0.2, -0.15) is 4.98 Å². The lowest BCUT2D eigenvalue weighted by Crippen LogP contribution is -2.38. The van der Waals surface area contributed by atoms with Crippen LogP contribution in [0.25, 0.3) is 11.2 Å². The quantitative estimate of drug-likeness (QED) is 0.291. The van der Waals surface area contributed by atoms with Gasteiger partial charge in [-0.05, 0) is 12.8 Å². The van der Waals surface area contributed by atoms with Crippen molar-refractivity contribution in [2.24, 2.45) is 0 Å². The van der Waals surface area contributed by atoms with Crippen molar-refractivity contribution in [3.8, 4) is 12.3 Å². The average Bonchev–Trinajstić information content (AvgIpc) is 3.31. The summed E-state index contributed by atoms with van der Waals surface area (Å²) in [6.45, 7) is 5.24. The van der Waals surface area contributed by atoms with Crippen molar-refractivity contribution in [2.75, 3.05) is 25.6 Å². The van der Waals surface area contributed by atoms with E-state index in [1.165, 1.54) is 10.9 Å². The first-order chi connectivity index (χ1) is 16.2. The molecule has 0 bridgehead atoms. The zero-order chi connectivity index (χ0) is 24.9. The number of aromatic amines is 1. The molecule has 1 saturated heterocycles. The number of terminal acetylenes is 1. The van der Waals surface area contributed by atoms with E-state index in [2.05, 4.69) is 34.7 Å². The fraction of sp³-hybridized carbons (Fsp3) is 0.667. The number of anilines is 1. The molecule has 188 valence electrons. The lowest BCUT2D eigenvalue weighted by atomic mass is 10.1. The molecule has 13 heteroatoms. The van der Waals surface area contributed by atoms with Gasteiger partial charge in [0, 0.05) is 6.66 Å². The summed E-state index contributed by atoms with van der Waals surface area (Å²) >= 11 is 0. The van der Waals surface area contributed by atoms with E-state index in [1.807, 2.05) is 0 Å². The lowest BCUT2D eigenvalue weighted by Gasteiger charge is -2.26. The Labute approximate surface area is 197 Å². The summed E-state index contributed by atoms with van der Waals surface area (Å²) in [5.41, 5.74) is 5.43. The van der Waals surface area contributed by atoms with Gasteiger partial charge in [-0.1, -0.05) is 32.6 Å². The van der Waals surface area contributed by atoms with Crippen LogP contribution in [-0.2, 0) is 23.3 Å². The minimum Gasteiger partial charge on any atom is -0.375 e. The zero-order valence-electron chi connectivity index (χ0n) is 19.5. The predicted molar refractivity (Wildman–Crippen MR) is 125 cm³/mol. The van der Waals surface area contributed by atoms with E-state index in [0.717, 1.165) is 32.3 Å². The minimum atomic E-state index is -3.94. The van der Waals surface area contributed by atoms with Gasteiger partial charge < -0.3 is 24.8 Å². The van der Waals surface area contributed by atoms with E-state index < -0.39 is 37.7 Å². The van der Waals surface area contributed by atoms with Gasteiger partial charge in [0.05, 0.1) is 19.0 Å². The highest BCUT2D eigenvalue weighted by atomic mass is 31.2. The summed E-state index contributed by atoms with van der Waals surface area (Å²) in [7, 11) is -3.94. The Hall–Kier alpha value is -2.26. The SMILES string of the molecule is C#CCOC1C(OP(C)(=O)O)C(COC(CCC)CCC)OC1n1cnc2c(=O)[nH]c(N)nc21. The second kappa shape index (κ2) is 11.4. The maximum atomic E-state index is 12.2. The minimum absolute atomic E-state index is 0.0139. The number of aromatic nitrogens is 4. The molecule has 1 fully saturated rings. The van der Waals surface area contributed by atoms with Gasteiger partial charge in [-0.3, -0.25) is 23.4 Å². The van der Waals surface area contributed by atoms with E-state index in [4.69, 9.17) is 30.9 Å². The average molecular weight is 497 g/mol. The molecule has 5 unspecified atom stereocenters. The number of nitrogen functional groups attached to an aromatic ring is 1. The van der Waals surface area contributed by atoms with E-state index >= 15 is 0 Å². The number of imidazole rings is 1. The van der Waals surface area contributed by atoms with Crippen LogP contribution >= 0.6 is 7.60 Å². The highest BCUT2D eigenvalue weighted by Gasteiger charge is 2.50. The highest BCUT2D eigenvalue weighted by molar-refractivity contribution is 7.51. The van der Waals surface area contributed by atoms with Crippen molar-refractivity contribution in [3.05, 3.63) is 16.7 Å². The molecule has 0 amide bonds. The van der Waals surface area contributed by atoms with Crippen LogP contribution in [0.1, 0.15) is 45.8 Å². The lowest BCUT2D eigenvalue weighted by molar-refractivity contribution is -0.0848. The third kappa shape index (κ3) is 6.24. The Morgan fingerprint density at radius 3 is 2.71 bits per heavy atom. The van der Waals surface area contributed by atoms with Gasteiger partial charge in [0.2, 0.25) is 5.95 Å². The number of ether oxygens (including phenoxy) is 3. The van der Waals surface area contributed by atoms with Crippen LogP contribution in [0.2, 0.25) is 0 Å². The number of nitrogens with one attached hydrogen (secondary N) is 1. The topological polar surface area (TPSA) is 164 Å². The number of fused-ring (bicyclic) bond motifs is 1. The molecule has 12 nitrogen and oxygen atoms in total. The van der Waals surface area contributed by atoms with E-state index in [9.17, 15) is 14.3 Å². The van der Waals surface area contributed by atoms with Crippen molar-refractivity contribution < 1.29 is 28.2 Å². The largest absolute Gasteiger partial charge is 0.375 e. The van der Waals surface area contributed by atoms with Gasteiger partial charge >= 0.3 is 7.60 Å². The monoisotopic (exact) mass is 497 g/mol. The molecule has 0 radical (unpaired) electrons. The van der Waals surface area contributed by atoms with Crippen LogP contribution in [0.3, 0.4) is 0 Å². The smallest absolute Gasteiger partial charge is 0.325 e. The van der Waals surface area contributed by atoms with Crippen molar-refractivity contribution >= 4 is 24.7 Å². The Morgan fingerprint density at radius 2 is 2.09 bits per heavy atom. The Kier molecular flexibility index (Phi) is 8.87. The Morgan fingerprint density at radius 1 is 1.38 bits per heavy atom. The third-order valence-electron chi connectivity index (χ3n) is 5.40. The fourth-order valence-electron chi connectivity index (χ4n) is 4.06. The summed E-state index contributed by atoms with van der Waals surface area (Å²) in [6.07, 6.45) is 6.84. The third-order valence-corrected chi connectivity index (χ3v) is 6.04. The normalized spacial score (nSPS) is 24.5. The summed E-state index contributed by atoms with van der Waals surface area (Å²) in [5, 5.41) is 0. The van der Waals surface area contributed by atoms with Gasteiger partial charge in [-0.25, -0.2) is 4.98 Å². The number of rotatable bonds is 12. The molecule has 1 aliphatic rings. The maximum Gasteiger partial charge on any atom is 0.325 e. The first kappa shape index (κ1) is 26.3. The second-order valence-electron chi connectivity index (χ2n) is 8.23. The van der Waals surface area contributed by atoms with Crippen molar-refractivity contribution in [2.45, 2.75) is 70.2 Å². The van der Waals surface area contributed by atoms with Crippen LogP contribution in [0.15, 0.2) is 11.1 Å². The van der Waals surface area contributed by atoms with E-state index in [-0.39, 0.29) is 36.4 Å². The molecule has 34 heavy (non-hydrogen) atoms. The summed E-state index contributed by atoms with van der Waals surface area (Å²) in [5.74, 6) is 2.29. The fourth-order valence-corrected chi connectivity index (χ4v) is 4.76. The van der Waals surface area contributed by atoms with Crippen LogP contribution < -0.4 is 11.3 Å². The standard InChI is InChI=1S/C21H32N5O7P/c1-5-8-13(9-6-2)31-11-14-16(33-34(4,28)29)17(30-10-7-3)20(32-14)26-12-23-15-18(26)24-21(22)25-19(15)27/h3,12-14,16-17,20H,5-6,8-11H2,1-2,4H3,(H,28,29)(H3,22,24,25,27). The van der Waals surface area contributed by atoms with Gasteiger partial charge in [0.25, 0.3) is 5.56 Å². The molecular weight excluding hydrogens is 465 g/mol. The maximum absolute atomic E-state index is 12.2. The second-order valence-corrected chi connectivity index (χ2v) is 10.0. The Bertz CT molecular complexity index is 1100. The molecule has 0 spiro atoms. The summed E-state index contributed by atoms with van der Waals surface area (Å²) in [4.78, 5) is 32.9. The molecule has 0 saturated carbocycles. The number of H-pyrrole nitrogens is 1. The van der Waals surface area contributed by atoms with Gasteiger partial charge in [-0.15, -0.1) is 6.42 Å². The summed E-state index contributed by atoms with van der Waals surface area (Å²) in [6, 6.07) is 0. The molecule has 3 heterocycles. The van der Waals surface area contributed by atoms with Gasteiger partial charge in [0.1, 0.15) is 24.9 Å². The molecule has 1 aliphatic heterocycles.